The molecule has 0 radical (unpaired) electrons. The van der Waals surface area contributed by atoms with Gasteiger partial charge in [0.25, 0.3) is 0 Å². The van der Waals surface area contributed by atoms with E-state index in [4.69, 9.17) is 4.74 Å². The number of hydrogen-bond acceptors (Lipinski definition) is 6. The van der Waals surface area contributed by atoms with Gasteiger partial charge in [-0.2, -0.15) is 0 Å². The Hall–Kier alpha value is -2.47. The number of nitrogens with zero attached hydrogens (tertiary/aromatic N) is 3. The molecule has 0 amide bonds. The zero-order valence-electron chi connectivity index (χ0n) is 14.0. The van der Waals surface area contributed by atoms with E-state index in [0.29, 0.717) is 5.92 Å². The van der Waals surface area contributed by atoms with Crippen LogP contribution in [0.25, 0.3) is 11.3 Å². The first-order chi connectivity index (χ1) is 11.7. The number of aromatic nitrogens is 3. The molecule has 0 aromatic carbocycles. The summed E-state index contributed by atoms with van der Waals surface area (Å²) in [5.74, 6) is 1.13. The smallest absolute Gasteiger partial charge is 0.176 e. The van der Waals surface area contributed by atoms with Crippen molar-refractivity contribution in [3.05, 3.63) is 53.4 Å². The van der Waals surface area contributed by atoms with Gasteiger partial charge in [-0.05, 0) is 30.5 Å². The second kappa shape index (κ2) is 7.40. The first-order valence-corrected chi connectivity index (χ1v) is 8.65. The SMILES string of the molecule is COc1sccc1C(C)CNc1cc(-c2ccc(C)nc2)ncn1. The van der Waals surface area contributed by atoms with Crippen molar-refractivity contribution < 1.29 is 4.74 Å². The van der Waals surface area contributed by atoms with Crippen LogP contribution in [0.4, 0.5) is 5.82 Å². The lowest BCUT2D eigenvalue weighted by Crippen LogP contribution is -2.11. The maximum absolute atomic E-state index is 5.40. The standard InChI is InChI=1S/C18H20N4OS/c1-12(15-6-7-24-18(15)23-3)9-20-17-8-16(21-11-22-17)14-5-4-13(2)19-10-14/h4-8,10-12H,9H2,1-3H3,(H,20,21,22). The van der Waals surface area contributed by atoms with Crippen molar-refractivity contribution >= 4 is 17.2 Å². The fourth-order valence-corrected chi connectivity index (χ4v) is 3.28. The van der Waals surface area contributed by atoms with Crippen molar-refractivity contribution in [3.63, 3.8) is 0 Å². The highest BCUT2D eigenvalue weighted by Gasteiger charge is 2.13. The third-order valence-electron chi connectivity index (χ3n) is 3.84. The molecule has 0 saturated carbocycles. The molecule has 124 valence electrons. The predicted molar refractivity (Wildman–Crippen MR) is 97.8 cm³/mol. The monoisotopic (exact) mass is 340 g/mol. The van der Waals surface area contributed by atoms with E-state index >= 15 is 0 Å². The van der Waals surface area contributed by atoms with Crippen LogP contribution < -0.4 is 10.1 Å². The molecule has 0 aliphatic carbocycles. The van der Waals surface area contributed by atoms with Crippen LogP contribution in [0.2, 0.25) is 0 Å². The lowest BCUT2D eigenvalue weighted by Gasteiger charge is -2.14. The largest absolute Gasteiger partial charge is 0.487 e. The van der Waals surface area contributed by atoms with Gasteiger partial charge in [-0.1, -0.05) is 6.92 Å². The zero-order valence-corrected chi connectivity index (χ0v) is 14.8. The van der Waals surface area contributed by atoms with E-state index in [9.17, 15) is 0 Å². The molecule has 3 aromatic rings. The van der Waals surface area contributed by atoms with Crippen LogP contribution in [0.3, 0.4) is 0 Å². The summed E-state index contributed by atoms with van der Waals surface area (Å²) in [5.41, 5.74) is 4.05. The third kappa shape index (κ3) is 3.71. The Balaban J connectivity index is 1.70. The van der Waals surface area contributed by atoms with Crippen molar-refractivity contribution in [3.8, 4) is 16.3 Å². The Labute approximate surface area is 145 Å². The number of nitrogens with one attached hydrogen (secondary N) is 1. The summed E-state index contributed by atoms with van der Waals surface area (Å²) in [6.07, 6.45) is 3.41. The van der Waals surface area contributed by atoms with E-state index in [1.165, 1.54) is 5.56 Å². The van der Waals surface area contributed by atoms with E-state index < -0.39 is 0 Å². The lowest BCUT2D eigenvalue weighted by molar-refractivity contribution is 0.420. The number of ether oxygens (including phenoxy) is 1. The van der Waals surface area contributed by atoms with E-state index in [2.05, 4.69) is 38.6 Å². The highest BCUT2D eigenvalue weighted by atomic mass is 32.1. The summed E-state index contributed by atoms with van der Waals surface area (Å²) >= 11 is 1.62. The van der Waals surface area contributed by atoms with Crippen LogP contribution in [0, 0.1) is 6.92 Å². The van der Waals surface area contributed by atoms with Gasteiger partial charge in [0.15, 0.2) is 5.06 Å². The average molecular weight is 340 g/mol. The summed E-state index contributed by atoms with van der Waals surface area (Å²) in [7, 11) is 1.71. The van der Waals surface area contributed by atoms with E-state index in [-0.39, 0.29) is 0 Å². The Kier molecular flexibility index (Phi) is 5.05. The Morgan fingerprint density at radius 3 is 2.83 bits per heavy atom. The minimum Gasteiger partial charge on any atom is -0.487 e. The second-order valence-electron chi connectivity index (χ2n) is 5.63. The molecular weight excluding hydrogens is 320 g/mol. The Morgan fingerprint density at radius 1 is 1.21 bits per heavy atom. The third-order valence-corrected chi connectivity index (χ3v) is 4.73. The number of methoxy groups -OCH3 is 1. The molecular formula is C18H20N4OS. The summed E-state index contributed by atoms with van der Waals surface area (Å²) in [6.45, 7) is 4.91. The number of hydrogen-bond donors (Lipinski definition) is 1. The fourth-order valence-electron chi connectivity index (χ4n) is 2.44. The van der Waals surface area contributed by atoms with Crippen molar-refractivity contribution in [1.82, 2.24) is 15.0 Å². The first-order valence-electron chi connectivity index (χ1n) is 7.77. The quantitative estimate of drug-likeness (QED) is 0.731. The number of aryl methyl sites for hydroxylation is 1. The molecule has 1 N–H and O–H groups in total. The Morgan fingerprint density at radius 2 is 2.08 bits per heavy atom. The van der Waals surface area contributed by atoms with Crippen LogP contribution in [0.15, 0.2) is 42.2 Å². The highest BCUT2D eigenvalue weighted by Crippen LogP contribution is 2.32. The topological polar surface area (TPSA) is 59.9 Å². The Bertz CT molecular complexity index is 801. The van der Waals surface area contributed by atoms with Crippen LogP contribution in [-0.4, -0.2) is 28.6 Å². The van der Waals surface area contributed by atoms with Gasteiger partial charge in [0, 0.05) is 41.5 Å². The summed E-state index contributed by atoms with van der Waals surface area (Å²) in [5, 5.41) is 6.41. The average Bonchev–Trinajstić information content (AvgIpc) is 3.09. The van der Waals surface area contributed by atoms with Crippen LogP contribution in [0.5, 0.6) is 5.06 Å². The summed E-state index contributed by atoms with van der Waals surface area (Å²) in [6, 6.07) is 8.06. The fraction of sp³-hybridized carbons (Fsp3) is 0.278. The van der Waals surface area contributed by atoms with E-state index in [1.807, 2.05) is 31.3 Å². The highest BCUT2D eigenvalue weighted by molar-refractivity contribution is 7.12. The molecule has 1 atom stereocenters. The van der Waals surface area contributed by atoms with Gasteiger partial charge in [-0.15, -0.1) is 11.3 Å². The molecule has 0 aliphatic heterocycles. The van der Waals surface area contributed by atoms with Crippen molar-refractivity contribution in [2.75, 3.05) is 19.0 Å². The molecule has 0 spiro atoms. The van der Waals surface area contributed by atoms with Gasteiger partial charge >= 0.3 is 0 Å². The van der Waals surface area contributed by atoms with Gasteiger partial charge in [0.1, 0.15) is 12.1 Å². The molecule has 0 saturated heterocycles. The van der Waals surface area contributed by atoms with Crippen LogP contribution in [0.1, 0.15) is 24.1 Å². The molecule has 3 aromatic heterocycles. The van der Waals surface area contributed by atoms with Crippen LogP contribution in [-0.2, 0) is 0 Å². The van der Waals surface area contributed by atoms with Crippen molar-refractivity contribution in [2.24, 2.45) is 0 Å². The summed E-state index contributed by atoms with van der Waals surface area (Å²) < 4.78 is 5.40. The minimum atomic E-state index is 0.325. The molecule has 24 heavy (non-hydrogen) atoms. The van der Waals surface area contributed by atoms with Gasteiger partial charge < -0.3 is 10.1 Å². The minimum absolute atomic E-state index is 0.325. The van der Waals surface area contributed by atoms with Gasteiger partial charge in [-0.3, -0.25) is 4.98 Å². The second-order valence-corrected chi connectivity index (χ2v) is 6.50. The molecule has 3 heterocycles. The molecule has 1 unspecified atom stereocenters. The molecule has 3 rings (SSSR count). The molecule has 6 heteroatoms. The zero-order chi connectivity index (χ0) is 16.9. The molecule has 0 bridgehead atoms. The van der Waals surface area contributed by atoms with E-state index in [0.717, 1.165) is 34.4 Å². The molecule has 5 nitrogen and oxygen atoms in total. The predicted octanol–water partition coefficient (Wildman–Crippen LogP) is 4.13. The van der Waals surface area contributed by atoms with E-state index in [1.54, 1.807) is 24.8 Å². The number of pyridine rings is 1. The van der Waals surface area contributed by atoms with Gasteiger partial charge in [0.2, 0.25) is 0 Å². The van der Waals surface area contributed by atoms with Crippen LogP contribution >= 0.6 is 11.3 Å². The van der Waals surface area contributed by atoms with Crippen molar-refractivity contribution in [2.45, 2.75) is 19.8 Å². The molecule has 0 fully saturated rings. The maximum Gasteiger partial charge on any atom is 0.176 e. The number of thiophene rings is 1. The maximum atomic E-state index is 5.40. The summed E-state index contributed by atoms with van der Waals surface area (Å²) in [4.78, 5) is 13.0. The van der Waals surface area contributed by atoms with Gasteiger partial charge in [0.05, 0.1) is 12.8 Å². The first kappa shape index (κ1) is 16.4. The van der Waals surface area contributed by atoms with Crippen molar-refractivity contribution in [1.29, 1.82) is 0 Å². The van der Waals surface area contributed by atoms with Gasteiger partial charge in [-0.25, -0.2) is 9.97 Å². The normalized spacial score (nSPS) is 12.0. The molecule has 0 aliphatic rings. The lowest BCUT2D eigenvalue weighted by atomic mass is 10.0. The number of anilines is 1. The number of rotatable bonds is 6.